The van der Waals surface area contributed by atoms with Crippen molar-refractivity contribution in [2.75, 3.05) is 6.54 Å². The summed E-state index contributed by atoms with van der Waals surface area (Å²) in [6.45, 7) is 4.49. The summed E-state index contributed by atoms with van der Waals surface area (Å²) in [6, 6.07) is 3.85. The van der Waals surface area contributed by atoms with Gasteiger partial charge < -0.3 is 11.1 Å². The Kier molecular flexibility index (Phi) is 7.55. The first kappa shape index (κ1) is 21.6. The second-order valence-corrected chi connectivity index (χ2v) is 8.42. The number of nitrogens with one attached hydrogen (secondary N) is 1. The predicted molar refractivity (Wildman–Crippen MR) is 115 cm³/mol. The van der Waals surface area contributed by atoms with E-state index in [1.54, 1.807) is 11.3 Å². The lowest BCUT2D eigenvalue weighted by molar-refractivity contribution is -0.122. The number of nitrogens with zero attached hydrogens (tertiary/aromatic N) is 2. The molecule has 3 heterocycles. The van der Waals surface area contributed by atoms with E-state index >= 15 is 0 Å². The number of rotatable bonds is 7. The predicted octanol–water partition coefficient (Wildman–Crippen LogP) is 3.10. The Morgan fingerprint density at radius 3 is 2.78 bits per heavy atom. The third kappa shape index (κ3) is 4.95. The quantitative estimate of drug-likeness (QED) is 0.607. The normalized spacial score (nSPS) is 12.1. The Bertz CT molecular complexity index is 950. The number of carbonyl (C=O) groups excluding carboxylic acids is 1. The standard InChI is InChI=1S/C18H22N4O2S2.ClH/c1-11(2)6-12(7-19)21-15(23)8-22-10-20-17-16(18(22)24)13(9-26-17)14-4-3-5-25-14;/h3-5,9-12H,6-8,19H2,1-2H3,(H,21,23);1H. The number of halogens is 1. The fourth-order valence-corrected chi connectivity index (χ4v) is 4.63. The Morgan fingerprint density at radius 1 is 1.37 bits per heavy atom. The highest BCUT2D eigenvalue weighted by Crippen LogP contribution is 2.33. The maximum Gasteiger partial charge on any atom is 0.263 e. The third-order valence-electron chi connectivity index (χ3n) is 4.07. The van der Waals surface area contributed by atoms with Crippen LogP contribution in [0.25, 0.3) is 20.7 Å². The van der Waals surface area contributed by atoms with Crippen LogP contribution in [-0.2, 0) is 11.3 Å². The minimum Gasteiger partial charge on any atom is -0.351 e. The third-order valence-corrected chi connectivity index (χ3v) is 5.86. The van der Waals surface area contributed by atoms with Gasteiger partial charge >= 0.3 is 0 Å². The second kappa shape index (κ2) is 9.45. The van der Waals surface area contributed by atoms with E-state index in [0.29, 0.717) is 22.7 Å². The molecule has 0 saturated heterocycles. The summed E-state index contributed by atoms with van der Waals surface area (Å²) in [5.74, 6) is 0.209. The zero-order chi connectivity index (χ0) is 18.7. The summed E-state index contributed by atoms with van der Waals surface area (Å²) in [5.41, 5.74) is 6.42. The Balaban J connectivity index is 0.00000261. The van der Waals surface area contributed by atoms with E-state index in [1.165, 1.54) is 22.2 Å². The molecule has 9 heteroatoms. The number of fused-ring (bicyclic) bond motifs is 1. The highest BCUT2D eigenvalue weighted by Gasteiger charge is 2.17. The summed E-state index contributed by atoms with van der Waals surface area (Å²) in [5, 5.41) is 7.41. The van der Waals surface area contributed by atoms with E-state index in [1.807, 2.05) is 22.9 Å². The number of amides is 1. The van der Waals surface area contributed by atoms with Crippen LogP contribution in [0.3, 0.4) is 0 Å². The molecule has 3 rings (SSSR count). The van der Waals surface area contributed by atoms with E-state index in [-0.39, 0.29) is 36.5 Å². The first-order chi connectivity index (χ1) is 12.5. The molecule has 0 aromatic carbocycles. The molecule has 0 radical (unpaired) electrons. The van der Waals surface area contributed by atoms with Gasteiger partial charge in [0.1, 0.15) is 11.4 Å². The van der Waals surface area contributed by atoms with Gasteiger partial charge in [-0.3, -0.25) is 14.2 Å². The molecule has 0 bridgehead atoms. The Labute approximate surface area is 171 Å². The van der Waals surface area contributed by atoms with Crippen molar-refractivity contribution in [2.24, 2.45) is 11.7 Å². The van der Waals surface area contributed by atoms with E-state index < -0.39 is 0 Å². The van der Waals surface area contributed by atoms with Crippen molar-refractivity contribution in [2.45, 2.75) is 32.9 Å². The van der Waals surface area contributed by atoms with Gasteiger partial charge in [0.05, 0.1) is 11.7 Å². The van der Waals surface area contributed by atoms with Crippen LogP contribution in [0.1, 0.15) is 20.3 Å². The molecule has 0 aliphatic carbocycles. The largest absolute Gasteiger partial charge is 0.351 e. The van der Waals surface area contributed by atoms with E-state index in [4.69, 9.17) is 5.73 Å². The first-order valence-electron chi connectivity index (χ1n) is 8.49. The molecule has 1 amide bonds. The molecule has 1 unspecified atom stereocenters. The summed E-state index contributed by atoms with van der Waals surface area (Å²) in [6.07, 6.45) is 2.25. The number of thiophene rings is 2. The molecule has 0 spiro atoms. The highest BCUT2D eigenvalue weighted by molar-refractivity contribution is 7.18. The van der Waals surface area contributed by atoms with E-state index in [2.05, 4.69) is 24.1 Å². The molecule has 3 aromatic rings. The van der Waals surface area contributed by atoms with E-state index in [9.17, 15) is 9.59 Å². The smallest absolute Gasteiger partial charge is 0.263 e. The number of hydrogen-bond donors (Lipinski definition) is 2. The van der Waals surface area contributed by atoms with Crippen molar-refractivity contribution >= 4 is 51.2 Å². The maximum atomic E-state index is 12.9. The van der Waals surface area contributed by atoms with Gasteiger partial charge in [0.15, 0.2) is 0 Å². The van der Waals surface area contributed by atoms with Gasteiger partial charge in [-0.05, 0) is 23.8 Å². The van der Waals surface area contributed by atoms with Crippen molar-refractivity contribution in [1.82, 2.24) is 14.9 Å². The molecule has 1 atom stereocenters. The van der Waals surface area contributed by atoms with Gasteiger partial charge in [-0.25, -0.2) is 4.98 Å². The summed E-state index contributed by atoms with van der Waals surface area (Å²) in [7, 11) is 0. The zero-order valence-electron chi connectivity index (χ0n) is 15.2. The van der Waals surface area contributed by atoms with Crippen LogP contribution in [-0.4, -0.2) is 28.0 Å². The fraction of sp³-hybridized carbons (Fsp3) is 0.389. The van der Waals surface area contributed by atoms with Crippen molar-refractivity contribution in [3.8, 4) is 10.4 Å². The molecular formula is C18H23ClN4O2S2. The van der Waals surface area contributed by atoms with Gasteiger partial charge in [0.25, 0.3) is 5.56 Å². The molecule has 3 N–H and O–H groups in total. The molecule has 3 aromatic heterocycles. The van der Waals surface area contributed by atoms with Gasteiger partial charge in [0, 0.05) is 28.4 Å². The lowest BCUT2D eigenvalue weighted by Gasteiger charge is -2.19. The lowest BCUT2D eigenvalue weighted by Crippen LogP contribution is -2.43. The number of aromatic nitrogens is 2. The van der Waals surface area contributed by atoms with Crippen LogP contribution in [0.2, 0.25) is 0 Å². The Morgan fingerprint density at radius 2 is 2.15 bits per heavy atom. The van der Waals surface area contributed by atoms with Gasteiger partial charge in [0.2, 0.25) is 5.91 Å². The molecule has 0 aliphatic rings. The van der Waals surface area contributed by atoms with Crippen LogP contribution in [0, 0.1) is 5.92 Å². The molecule has 0 saturated carbocycles. The van der Waals surface area contributed by atoms with Gasteiger partial charge in [-0.15, -0.1) is 35.1 Å². The average Bonchev–Trinajstić information content (AvgIpc) is 3.25. The highest BCUT2D eigenvalue weighted by atomic mass is 35.5. The van der Waals surface area contributed by atoms with Crippen molar-refractivity contribution in [3.63, 3.8) is 0 Å². The summed E-state index contributed by atoms with van der Waals surface area (Å²) < 4.78 is 1.37. The van der Waals surface area contributed by atoms with Crippen LogP contribution < -0.4 is 16.6 Å². The van der Waals surface area contributed by atoms with Gasteiger partial charge in [-0.1, -0.05) is 19.9 Å². The molecule has 27 heavy (non-hydrogen) atoms. The Hall–Kier alpha value is -1.74. The van der Waals surface area contributed by atoms with Crippen molar-refractivity contribution in [1.29, 1.82) is 0 Å². The summed E-state index contributed by atoms with van der Waals surface area (Å²) >= 11 is 3.02. The lowest BCUT2D eigenvalue weighted by atomic mass is 10.0. The number of nitrogens with two attached hydrogens (primary N) is 1. The monoisotopic (exact) mass is 426 g/mol. The van der Waals surface area contributed by atoms with Crippen molar-refractivity contribution in [3.05, 3.63) is 39.6 Å². The molecular weight excluding hydrogens is 404 g/mol. The molecule has 0 fully saturated rings. The van der Waals surface area contributed by atoms with Crippen LogP contribution in [0.15, 0.2) is 34.0 Å². The molecule has 146 valence electrons. The minimum absolute atomic E-state index is 0. The molecule has 0 aliphatic heterocycles. The maximum absolute atomic E-state index is 12.9. The minimum atomic E-state index is -0.225. The first-order valence-corrected chi connectivity index (χ1v) is 10.3. The number of hydrogen-bond acceptors (Lipinski definition) is 6. The van der Waals surface area contributed by atoms with Crippen LogP contribution in [0.5, 0.6) is 0 Å². The topological polar surface area (TPSA) is 90.0 Å². The van der Waals surface area contributed by atoms with Crippen LogP contribution in [0.4, 0.5) is 0 Å². The SMILES string of the molecule is CC(C)CC(CN)NC(=O)Cn1cnc2scc(-c3cccs3)c2c1=O.Cl. The van der Waals surface area contributed by atoms with E-state index in [0.717, 1.165) is 16.9 Å². The fourth-order valence-electron chi connectivity index (χ4n) is 2.90. The van der Waals surface area contributed by atoms with Crippen molar-refractivity contribution < 1.29 is 4.79 Å². The van der Waals surface area contributed by atoms with Crippen LogP contribution >= 0.6 is 35.1 Å². The summed E-state index contributed by atoms with van der Waals surface area (Å²) in [4.78, 5) is 31.3. The zero-order valence-corrected chi connectivity index (χ0v) is 17.6. The number of carbonyl (C=O) groups is 1. The van der Waals surface area contributed by atoms with Gasteiger partial charge in [-0.2, -0.15) is 0 Å². The molecule has 6 nitrogen and oxygen atoms in total. The second-order valence-electron chi connectivity index (χ2n) is 6.61. The average molecular weight is 427 g/mol.